The van der Waals surface area contributed by atoms with E-state index in [1.165, 1.54) is 19.3 Å². The van der Waals surface area contributed by atoms with E-state index < -0.39 is 11.6 Å². The number of nitrogens with one attached hydrogen (secondary N) is 1. The Morgan fingerprint density at radius 3 is 2.81 bits per heavy atom. The SMILES string of the molecule is C=CC(=O)NC1CCOc2c1ccc(Oc1ccc(F)c(F)c1)c2OC. The van der Waals surface area contributed by atoms with Crippen molar-refractivity contribution in [3.8, 4) is 23.0 Å². The molecule has 1 atom stereocenters. The monoisotopic (exact) mass is 361 g/mol. The van der Waals surface area contributed by atoms with Crippen LogP contribution in [-0.4, -0.2) is 19.6 Å². The fourth-order valence-electron chi connectivity index (χ4n) is 2.74. The number of methoxy groups -OCH3 is 1. The molecule has 1 aliphatic heterocycles. The van der Waals surface area contributed by atoms with Crippen LogP contribution < -0.4 is 19.5 Å². The molecule has 0 saturated heterocycles. The number of carbonyl (C=O) groups is 1. The number of amides is 1. The van der Waals surface area contributed by atoms with Gasteiger partial charge in [0.1, 0.15) is 5.75 Å². The van der Waals surface area contributed by atoms with Crippen molar-refractivity contribution in [1.82, 2.24) is 5.32 Å². The van der Waals surface area contributed by atoms with Crippen LogP contribution in [0.2, 0.25) is 0 Å². The summed E-state index contributed by atoms with van der Waals surface area (Å²) >= 11 is 0. The highest BCUT2D eigenvalue weighted by atomic mass is 19.2. The third kappa shape index (κ3) is 3.46. The fourth-order valence-corrected chi connectivity index (χ4v) is 2.74. The van der Waals surface area contributed by atoms with Gasteiger partial charge in [-0.3, -0.25) is 4.79 Å². The second-order valence-electron chi connectivity index (χ2n) is 5.60. The molecule has 1 heterocycles. The number of hydrogen-bond donors (Lipinski definition) is 1. The van der Waals surface area contributed by atoms with Gasteiger partial charge in [0.2, 0.25) is 11.7 Å². The Kier molecular flexibility index (Phi) is 5.06. The molecule has 3 rings (SSSR count). The zero-order valence-electron chi connectivity index (χ0n) is 14.1. The Bertz CT molecular complexity index is 854. The summed E-state index contributed by atoms with van der Waals surface area (Å²) < 4.78 is 43.2. The van der Waals surface area contributed by atoms with Crippen molar-refractivity contribution in [3.05, 3.63) is 60.2 Å². The zero-order chi connectivity index (χ0) is 18.7. The molecule has 136 valence electrons. The highest BCUT2D eigenvalue weighted by molar-refractivity contribution is 5.87. The van der Waals surface area contributed by atoms with Gasteiger partial charge in [-0.05, 0) is 30.3 Å². The molecule has 26 heavy (non-hydrogen) atoms. The van der Waals surface area contributed by atoms with Crippen molar-refractivity contribution in [3.63, 3.8) is 0 Å². The van der Waals surface area contributed by atoms with Gasteiger partial charge in [0.25, 0.3) is 0 Å². The standard InChI is InChI=1S/C19H17F2NO4/c1-3-17(23)22-15-8-9-25-18-12(15)5-7-16(19(18)24-2)26-11-4-6-13(20)14(21)10-11/h3-7,10,15H,1,8-9H2,2H3,(H,22,23). The van der Waals surface area contributed by atoms with E-state index >= 15 is 0 Å². The van der Waals surface area contributed by atoms with Gasteiger partial charge in [-0.2, -0.15) is 0 Å². The first-order valence-corrected chi connectivity index (χ1v) is 7.93. The lowest BCUT2D eigenvalue weighted by Gasteiger charge is -2.28. The van der Waals surface area contributed by atoms with E-state index in [2.05, 4.69) is 11.9 Å². The number of benzene rings is 2. The van der Waals surface area contributed by atoms with Crippen LogP contribution in [0.25, 0.3) is 0 Å². The summed E-state index contributed by atoms with van der Waals surface area (Å²) in [5.74, 6) is -1.11. The number of carbonyl (C=O) groups excluding carboxylic acids is 1. The predicted octanol–water partition coefficient (Wildman–Crippen LogP) is 3.89. The summed E-state index contributed by atoms with van der Waals surface area (Å²) in [6.45, 7) is 3.82. The van der Waals surface area contributed by atoms with E-state index in [0.717, 1.165) is 17.7 Å². The number of rotatable bonds is 5. The maximum atomic E-state index is 13.4. The summed E-state index contributed by atoms with van der Waals surface area (Å²) in [6, 6.07) is 6.34. The van der Waals surface area contributed by atoms with Crippen molar-refractivity contribution in [2.75, 3.05) is 13.7 Å². The largest absolute Gasteiger partial charge is 0.490 e. The molecule has 1 aliphatic rings. The van der Waals surface area contributed by atoms with E-state index in [1.807, 2.05) is 0 Å². The molecule has 0 bridgehead atoms. The van der Waals surface area contributed by atoms with Crippen molar-refractivity contribution in [1.29, 1.82) is 0 Å². The number of ether oxygens (including phenoxy) is 3. The summed E-state index contributed by atoms with van der Waals surface area (Å²) in [5, 5.41) is 2.83. The number of halogens is 2. The average molecular weight is 361 g/mol. The van der Waals surface area contributed by atoms with Crippen LogP contribution in [0.3, 0.4) is 0 Å². The third-order valence-corrected chi connectivity index (χ3v) is 3.96. The van der Waals surface area contributed by atoms with Crippen LogP contribution >= 0.6 is 0 Å². The molecule has 5 nitrogen and oxygen atoms in total. The van der Waals surface area contributed by atoms with E-state index in [1.54, 1.807) is 12.1 Å². The zero-order valence-corrected chi connectivity index (χ0v) is 14.1. The molecule has 0 radical (unpaired) electrons. The first-order chi connectivity index (χ1) is 12.5. The van der Waals surface area contributed by atoms with Crippen LogP contribution in [0, 0.1) is 11.6 Å². The quantitative estimate of drug-likeness (QED) is 0.821. The molecule has 0 aliphatic carbocycles. The molecule has 0 fully saturated rings. The fraction of sp³-hybridized carbons (Fsp3) is 0.211. The first kappa shape index (κ1) is 17.7. The van der Waals surface area contributed by atoms with Gasteiger partial charge in [0.15, 0.2) is 23.1 Å². The van der Waals surface area contributed by atoms with E-state index in [0.29, 0.717) is 24.5 Å². The Morgan fingerprint density at radius 1 is 1.31 bits per heavy atom. The van der Waals surface area contributed by atoms with Crippen molar-refractivity contribution in [2.45, 2.75) is 12.5 Å². The van der Waals surface area contributed by atoms with Gasteiger partial charge in [-0.25, -0.2) is 8.78 Å². The van der Waals surface area contributed by atoms with Gasteiger partial charge < -0.3 is 19.5 Å². The second kappa shape index (κ2) is 7.43. The molecule has 1 amide bonds. The molecule has 2 aromatic carbocycles. The Balaban J connectivity index is 1.94. The van der Waals surface area contributed by atoms with E-state index in [-0.39, 0.29) is 23.4 Å². The third-order valence-electron chi connectivity index (χ3n) is 3.96. The van der Waals surface area contributed by atoms with E-state index in [4.69, 9.17) is 14.2 Å². The highest BCUT2D eigenvalue weighted by Gasteiger charge is 2.27. The first-order valence-electron chi connectivity index (χ1n) is 7.93. The van der Waals surface area contributed by atoms with Gasteiger partial charge in [0.05, 0.1) is 19.8 Å². The number of hydrogen-bond acceptors (Lipinski definition) is 4. The summed E-state index contributed by atoms with van der Waals surface area (Å²) in [6.07, 6.45) is 1.80. The molecular formula is C19H17F2NO4. The highest BCUT2D eigenvalue weighted by Crippen LogP contribution is 2.46. The normalized spacial score (nSPS) is 15.4. The van der Waals surface area contributed by atoms with Crippen LogP contribution in [0.5, 0.6) is 23.0 Å². The molecule has 0 spiro atoms. The van der Waals surface area contributed by atoms with Gasteiger partial charge in [-0.1, -0.05) is 6.58 Å². The molecule has 7 heteroatoms. The molecule has 0 aromatic heterocycles. The molecular weight excluding hydrogens is 344 g/mol. The van der Waals surface area contributed by atoms with Crippen LogP contribution in [0.4, 0.5) is 8.78 Å². The van der Waals surface area contributed by atoms with E-state index in [9.17, 15) is 13.6 Å². The summed E-state index contributed by atoms with van der Waals surface area (Å²) in [7, 11) is 1.45. The molecule has 1 N–H and O–H groups in total. The van der Waals surface area contributed by atoms with Crippen molar-refractivity contribution < 1.29 is 27.8 Å². The van der Waals surface area contributed by atoms with Gasteiger partial charge in [0, 0.05) is 18.1 Å². The predicted molar refractivity (Wildman–Crippen MR) is 90.6 cm³/mol. The Hall–Kier alpha value is -3.09. The molecule has 1 unspecified atom stereocenters. The number of fused-ring (bicyclic) bond motifs is 1. The molecule has 0 saturated carbocycles. The lowest BCUT2D eigenvalue weighted by Crippen LogP contribution is -2.31. The lowest BCUT2D eigenvalue weighted by molar-refractivity contribution is -0.117. The second-order valence-corrected chi connectivity index (χ2v) is 5.60. The van der Waals surface area contributed by atoms with Gasteiger partial charge in [-0.15, -0.1) is 0 Å². The van der Waals surface area contributed by atoms with Crippen LogP contribution in [-0.2, 0) is 4.79 Å². The van der Waals surface area contributed by atoms with Crippen LogP contribution in [0.15, 0.2) is 43.0 Å². The lowest BCUT2D eigenvalue weighted by atomic mass is 9.99. The maximum absolute atomic E-state index is 13.4. The summed E-state index contributed by atoms with van der Waals surface area (Å²) in [5.41, 5.74) is 0.737. The Morgan fingerprint density at radius 2 is 2.12 bits per heavy atom. The van der Waals surface area contributed by atoms with Crippen molar-refractivity contribution >= 4 is 5.91 Å². The van der Waals surface area contributed by atoms with Crippen LogP contribution in [0.1, 0.15) is 18.0 Å². The Labute approximate surface area is 149 Å². The minimum absolute atomic E-state index is 0.120. The topological polar surface area (TPSA) is 56.8 Å². The van der Waals surface area contributed by atoms with Gasteiger partial charge >= 0.3 is 0 Å². The summed E-state index contributed by atoms with van der Waals surface area (Å²) in [4.78, 5) is 11.6. The minimum atomic E-state index is -1.01. The minimum Gasteiger partial charge on any atom is -0.490 e. The average Bonchev–Trinajstić information content (AvgIpc) is 2.64. The maximum Gasteiger partial charge on any atom is 0.243 e. The van der Waals surface area contributed by atoms with Crippen molar-refractivity contribution in [2.24, 2.45) is 0 Å². The smallest absolute Gasteiger partial charge is 0.243 e. The molecule has 2 aromatic rings.